The van der Waals surface area contributed by atoms with Crippen molar-refractivity contribution in [3.63, 3.8) is 0 Å². The molecule has 0 spiro atoms. The van der Waals surface area contributed by atoms with Gasteiger partial charge in [-0.3, -0.25) is 0 Å². The first-order valence-corrected chi connectivity index (χ1v) is 6.81. The van der Waals surface area contributed by atoms with Gasteiger partial charge in [-0.1, -0.05) is 31.5 Å². The average Bonchev–Trinajstić information content (AvgIpc) is 2.12. The van der Waals surface area contributed by atoms with Gasteiger partial charge in [-0.05, 0) is 27.5 Å². The Bertz CT molecular complexity index is 261. The Morgan fingerprint density at radius 1 is 1.23 bits per heavy atom. The second-order valence-electron chi connectivity index (χ2n) is 2.27. The summed E-state index contributed by atoms with van der Waals surface area (Å²) in [5.74, 6) is 0. The lowest BCUT2D eigenvalue weighted by molar-refractivity contribution is 0.694. The molecule has 0 aliphatic heterocycles. The average molecular weight is 217 g/mol. The van der Waals surface area contributed by atoms with Gasteiger partial charge < -0.3 is 4.72 Å². The maximum Gasteiger partial charge on any atom is 0.132 e. The molecule has 1 aromatic carbocycles. The van der Waals surface area contributed by atoms with E-state index in [4.69, 9.17) is 0 Å². The lowest BCUT2D eigenvalue weighted by Crippen LogP contribution is -1.94. The van der Waals surface area contributed by atoms with Crippen molar-refractivity contribution in [1.29, 1.82) is 0 Å². The monoisotopic (exact) mass is 217 g/mol. The van der Waals surface area contributed by atoms with Crippen molar-refractivity contribution in [3.05, 3.63) is 29.8 Å². The van der Waals surface area contributed by atoms with Crippen molar-refractivity contribution in [2.24, 2.45) is 0 Å². The van der Waals surface area contributed by atoms with E-state index in [0.29, 0.717) is 0 Å². The smallest absolute Gasteiger partial charge is 0.132 e. The third-order valence-corrected chi connectivity index (χ3v) is 2.06. The van der Waals surface area contributed by atoms with Crippen molar-refractivity contribution in [3.8, 4) is 0 Å². The topological polar surface area (TPSA) is 29.1 Å². The van der Waals surface area contributed by atoms with Crippen LogP contribution in [0.2, 0.25) is 0 Å². The van der Waals surface area contributed by atoms with Gasteiger partial charge in [0.1, 0.15) is 10.6 Å². The summed E-state index contributed by atoms with van der Waals surface area (Å²) < 4.78 is 13.4. The minimum Gasteiger partial charge on any atom is -0.302 e. The summed E-state index contributed by atoms with van der Waals surface area (Å²) in [6.07, 6.45) is 0. The third kappa shape index (κ3) is 5.78. The molecule has 1 N–H and O–H groups in total. The molecule has 0 fully saturated rings. The Balaban J connectivity index is 0.000000671. The van der Waals surface area contributed by atoms with E-state index in [-0.39, 0.29) is 0 Å². The summed E-state index contributed by atoms with van der Waals surface area (Å²) in [5, 5.41) is 0. The van der Waals surface area contributed by atoms with E-state index in [9.17, 15) is 4.21 Å². The predicted molar refractivity (Wildman–Crippen MR) is 64.0 cm³/mol. The highest BCUT2D eigenvalue weighted by molar-refractivity contribution is 8.34. The molecule has 1 aromatic rings. The third-order valence-electron chi connectivity index (χ3n) is 1.27. The van der Waals surface area contributed by atoms with Gasteiger partial charge in [0.25, 0.3) is 0 Å². The van der Waals surface area contributed by atoms with E-state index < -0.39 is 10.6 Å². The number of benzene rings is 1. The quantitative estimate of drug-likeness (QED) is 0.758. The van der Waals surface area contributed by atoms with Crippen LogP contribution in [0.15, 0.2) is 24.3 Å². The molecule has 4 heteroatoms. The largest absolute Gasteiger partial charge is 0.302 e. The highest BCUT2D eigenvalue weighted by Crippen LogP contribution is 2.10. The fraction of sp³-hybridized carbons (Fsp3) is 0.333. The van der Waals surface area contributed by atoms with E-state index in [2.05, 4.69) is 13.2 Å². The van der Waals surface area contributed by atoms with Crippen molar-refractivity contribution < 1.29 is 4.21 Å². The molecule has 13 heavy (non-hydrogen) atoms. The van der Waals surface area contributed by atoms with E-state index in [1.165, 1.54) is 5.56 Å². The van der Waals surface area contributed by atoms with Gasteiger partial charge in [-0.25, -0.2) is 4.21 Å². The summed E-state index contributed by atoms with van der Waals surface area (Å²) in [6, 6.07) is 7.74. The molecular weight excluding hydrogens is 201 g/mol. The molecule has 2 atom stereocenters. The van der Waals surface area contributed by atoms with E-state index >= 15 is 0 Å². The summed E-state index contributed by atoms with van der Waals surface area (Å²) in [6.45, 7) is 6.02. The summed E-state index contributed by atoms with van der Waals surface area (Å²) in [5.41, 5.74) is 2.08. The number of hydrogen-bond donors (Lipinski definition) is 1. The predicted octanol–water partition coefficient (Wildman–Crippen LogP) is 2.89. The van der Waals surface area contributed by atoms with Crippen LogP contribution in [0.3, 0.4) is 0 Å². The summed E-state index contributed by atoms with van der Waals surface area (Å²) >= 11 is 0. The van der Waals surface area contributed by atoms with E-state index in [1.807, 2.05) is 45.0 Å². The summed E-state index contributed by atoms with van der Waals surface area (Å²) in [7, 11) is 1.12. The van der Waals surface area contributed by atoms with Crippen molar-refractivity contribution >= 4 is 24.7 Å². The highest BCUT2D eigenvalue weighted by Gasteiger charge is 1.91. The number of hydrogen-bond acceptors (Lipinski definition) is 1. The Morgan fingerprint density at radius 2 is 1.69 bits per heavy atom. The van der Waals surface area contributed by atoms with Crippen LogP contribution in [0.25, 0.3) is 0 Å². The van der Waals surface area contributed by atoms with Gasteiger partial charge in [0.2, 0.25) is 0 Å². The first kappa shape index (κ1) is 12.6. The zero-order valence-electron chi connectivity index (χ0n) is 8.20. The molecule has 0 amide bonds. The standard InChI is InChI=1S/C7H10NOPS.C2H6/c1-6-2-4-7(5-3-6)8-11(9)10;1-2/h2-5,8H,10H2,1H3;1-2H3. The Labute approximate surface area is 84.7 Å². The fourth-order valence-electron chi connectivity index (χ4n) is 0.738. The molecule has 2 nitrogen and oxygen atoms in total. The van der Waals surface area contributed by atoms with Gasteiger partial charge in [0.15, 0.2) is 0 Å². The molecule has 2 unspecified atom stereocenters. The lowest BCUT2D eigenvalue weighted by atomic mass is 10.2. The molecule has 0 aromatic heterocycles. The van der Waals surface area contributed by atoms with Crippen LogP contribution in [0.4, 0.5) is 5.69 Å². The van der Waals surface area contributed by atoms with Crippen LogP contribution < -0.4 is 4.72 Å². The van der Waals surface area contributed by atoms with Crippen molar-refractivity contribution in [1.82, 2.24) is 0 Å². The zero-order valence-corrected chi connectivity index (χ0v) is 10.2. The second-order valence-corrected chi connectivity index (χ2v) is 4.35. The molecule has 0 heterocycles. The fourth-order valence-corrected chi connectivity index (χ4v) is 1.51. The van der Waals surface area contributed by atoms with Crippen molar-refractivity contribution in [2.45, 2.75) is 20.8 Å². The minimum atomic E-state index is -1.06. The van der Waals surface area contributed by atoms with Gasteiger partial charge in [0, 0.05) is 5.69 Å². The van der Waals surface area contributed by atoms with Crippen LogP contribution in [0.5, 0.6) is 0 Å². The lowest BCUT2D eigenvalue weighted by Gasteiger charge is -2.00. The summed E-state index contributed by atoms with van der Waals surface area (Å²) in [4.78, 5) is 0. The van der Waals surface area contributed by atoms with Crippen LogP contribution in [-0.2, 0) is 10.6 Å². The van der Waals surface area contributed by atoms with Gasteiger partial charge in [0.05, 0.1) is 0 Å². The molecule has 0 bridgehead atoms. The molecule has 74 valence electrons. The SMILES string of the molecule is CC.Cc1ccc(NS(=O)P)cc1. The Hall–Kier alpha value is -0.400. The second kappa shape index (κ2) is 7.05. The molecule has 1 rings (SSSR count). The van der Waals surface area contributed by atoms with Gasteiger partial charge >= 0.3 is 0 Å². The van der Waals surface area contributed by atoms with Gasteiger partial charge in [-0.15, -0.1) is 0 Å². The molecule has 0 aliphatic rings. The maximum atomic E-state index is 10.7. The number of aryl methyl sites for hydroxylation is 1. The van der Waals surface area contributed by atoms with Crippen LogP contribution >= 0.6 is 8.44 Å². The number of nitrogens with one attached hydrogen (secondary N) is 1. The van der Waals surface area contributed by atoms with Crippen molar-refractivity contribution in [2.75, 3.05) is 4.72 Å². The zero-order chi connectivity index (χ0) is 10.3. The molecule has 0 aliphatic carbocycles. The Morgan fingerprint density at radius 3 is 2.08 bits per heavy atom. The normalized spacial score (nSPS) is 11.1. The van der Waals surface area contributed by atoms with E-state index in [1.54, 1.807) is 0 Å². The van der Waals surface area contributed by atoms with Crippen LogP contribution in [-0.4, -0.2) is 4.21 Å². The van der Waals surface area contributed by atoms with E-state index in [0.717, 1.165) is 5.69 Å². The molecular formula is C9H16NOPS. The van der Waals surface area contributed by atoms with Crippen LogP contribution in [0.1, 0.15) is 19.4 Å². The first-order chi connectivity index (χ1) is 6.18. The molecule has 0 saturated carbocycles. The Kier molecular flexibility index (Phi) is 6.83. The number of rotatable bonds is 2. The van der Waals surface area contributed by atoms with Gasteiger partial charge in [-0.2, -0.15) is 0 Å². The molecule has 0 radical (unpaired) electrons. The molecule has 0 saturated heterocycles. The first-order valence-electron chi connectivity index (χ1n) is 4.18. The maximum absolute atomic E-state index is 10.7. The van der Waals surface area contributed by atoms with Crippen LogP contribution in [0, 0.1) is 6.92 Å². The highest BCUT2D eigenvalue weighted by atomic mass is 32.7. The minimum absolute atomic E-state index is 0.879. The number of anilines is 1.